The molecule has 0 aliphatic heterocycles. The molecule has 0 spiro atoms. The summed E-state index contributed by atoms with van der Waals surface area (Å²) in [5, 5.41) is 0. The first-order valence-corrected chi connectivity index (χ1v) is 6.91. The molecule has 6 nitrogen and oxygen atoms in total. The van der Waals surface area contributed by atoms with E-state index in [-0.39, 0.29) is 11.5 Å². The Morgan fingerprint density at radius 3 is 2.13 bits per heavy atom. The molecule has 0 amide bonds. The van der Waals surface area contributed by atoms with Gasteiger partial charge in [0.15, 0.2) is 11.5 Å². The third-order valence-electron chi connectivity index (χ3n) is 3.73. The lowest BCUT2D eigenvalue weighted by Gasteiger charge is -2.32. The number of ketones is 1. The molecule has 1 aliphatic carbocycles. The van der Waals surface area contributed by atoms with E-state index in [1.165, 1.54) is 34.5 Å². The molecule has 124 valence electrons. The summed E-state index contributed by atoms with van der Waals surface area (Å²) >= 11 is 0. The molecular weight excluding hydrogens is 300 g/mol. The van der Waals surface area contributed by atoms with Crippen LogP contribution in [0.2, 0.25) is 0 Å². The molecule has 1 aliphatic rings. The van der Waals surface area contributed by atoms with E-state index in [9.17, 15) is 4.79 Å². The van der Waals surface area contributed by atoms with Gasteiger partial charge < -0.3 is 23.7 Å². The topological polar surface area (TPSA) is 63.2 Å². The Balaban J connectivity index is 2.63. The summed E-state index contributed by atoms with van der Waals surface area (Å²) in [7, 11) is 7.50. The lowest BCUT2D eigenvalue weighted by Crippen LogP contribution is -2.38. The molecule has 0 saturated heterocycles. The Morgan fingerprint density at radius 1 is 0.913 bits per heavy atom. The summed E-state index contributed by atoms with van der Waals surface area (Å²) in [5.41, 5.74) is 0.965. The van der Waals surface area contributed by atoms with Gasteiger partial charge in [0.05, 0.1) is 21.3 Å². The first-order valence-electron chi connectivity index (χ1n) is 6.91. The summed E-state index contributed by atoms with van der Waals surface area (Å²) in [5.74, 6) is -0.0834. The zero-order valence-electron chi connectivity index (χ0n) is 13.8. The van der Waals surface area contributed by atoms with E-state index in [0.29, 0.717) is 22.6 Å². The number of methoxy groups -OCH3 is 5. The maximum Gasteiger partial charge on any atom is 0.248 e. The minimum absolute atomic E-state index is 0.238. The normalized spacial score (nSPS) is 16.5. The van der Waals surface area contributed by atoms with Gasteiger partial charge in [0.1, 0.15) is 11.5 Å². The number of rotatable bonds is 6. The van der Waals surface area contributed by atoms with Crippen LogP contribution < -0.4 is 9.47 Å². The van der Waals surface area contributed by atoms with Crippen LogP contribution in [-0.4, -0.2) is 47.1 Å². The van der Waals surface area contributed by atoms with Crippen molar-refractivity contribution >= 4 is 11.4 Å². The predicted octanol–water partition coefficient (Wildman–Crippen LogP) is 2.19. The van der Waals surface area contributed by atoms with Crippen LogP contribution in [0.5, 0.6) is 11.5 Å². The summed E-state index contributed by atoms with van der Waals surface area (Å²) in [4.78, 5) is 12.5. The van der Waals surface area contributed by atoms with E-state index in [1.54, 1.807) is 31.4 Å². The minimum Gasteiger partial charge on any atom is -0.497 e. The number of hydrogen-bond donors (Lipinski definition) is 0. The van der Waals surface area contributed by atoms with Crippen LogP contribution in [0.25, 0.3) is 5.57 Å². The van der Waals surface area contributed by atoms with Gasteiger partial charge in [-0.3, -0.25) is 4.79 Å². The van der Waals surface area contributed by atoms with Crippen molar-refractivity contribution in [2.45, 2.75) is 5.79 Å². The van der Waals surface area contributed by atoms with Crippen LogP contribution in [0.4, 0.5) is 0 Å². The van der Waals surface area contributed by atoms with Crippen LogP contribution in [0, 0.1) is 0 Å². The van der Waals surface area contributed by atoms with Gasteiger partial charge in [-0.2, -0.15) is 0 Å². The number of allylic oxidation sites excluding steroid dienone is 2. The van der Waals surface area contributed by atoms with Crippen molar-refractivity contribution in [3.8, 4) is 11.5 Å². The number of hydrogen-bond acceptors (Lipinski definition) is 6. The highest BCUT2D eigenvalue weighted by Gasteiger charge is 2.40. The van der Waals surface area contributed by atoms with Crippen LogP contribution in [0.15, 0.2) is 36.1 Å². The van der Waals surface area contributed by atoms with Gasteiger partial charge in [-0.05, 0) is 24.3 Å². The molecule has 0 saturated carbocycles. The van der Waals surface area contributed by atoms with Crippen molar-refractivity contribution in [1.29, 1.82) is 0 Å². The summed E-state index contributed by atoms with van der Waals surface area (Å²) in [6.45, 7) is 0. The number of ether oxygens (including phenoxy) is 5. The molecule has 2 rings (SSSR count). The van der Waals surface area contributed by atoms with E-state index in [1.807, 2.05) is 0 Å². The molecule has 1 aromatic carbocycles. The highest BCUT2D eigenvalue weighted by atomic mass is 16.7. The van der Waals surface area contributed by atoms with Gasteiger partial charge >= 0.3 is 0 Å². The average molecular weight is 320 g/mol. The molecule has 0 unspecified atom stereocenters. The van der Waals surface area contributed by atoms with E-state index < -0.39 is 5.79 Å². The standard InChI is InChI=1S/C17H20O6/c1-19-11-6-7-15(20-2)12(8-11)13-10-17(22-4,23-5)16(21-3)9-14(13)18/h6-10H,1-5H3. The van der Waals surface area contributed by atoms with Crippen LogP contribution in [0.1, 0.15) is 5.56 Å². The predicted molar refractivity (Wildman–Crippen MR) is 84.4 cm³/mol. The summed E-state index contributed by atoms with van der Waals surface area (Å²) in [6, 6.07) is 5.22. The smallest absolute Gasteiger partial charge is 0.248 e. The van der Waals surface area contributed by atoms with Gasteiger partial charge in [-0.1, -0.05) is 0 Å². The minimum atomic E-state index is -1.27. The molecule has 0 radical (unpaired) electrons. The van der Waals surface area contributed by atoms with Crippen LogP contribution in [0.3, 0.4) is 0 Å². The van der Waals surface area contributed by atoms with Crippen molar-refractivity contribution in [2.24, 2.45) is 0 Å². The third kappa shape index (κ3) is 2.95. The second kappa shape index (κ2) is 6.85. The van der Waals surface area contributed by atoms with Crippen molar-refractivity contribution in [3.05, 3.63) is 41.7 Å². The van der Waals surface area contributed by atoms with Crippen LogP contribution in [-0.2, 0) is 19.0 Å². The Morgan fingerprint density at radius 2 is 1.61 bits per heavy atom. The number of benzene rings is 1. The summed E-state index contributed by atoms with van der Waals surface area (Å²) < 4.78 is 26.7. The van der Waals surface area contributed by atoms with Crippen LogP contribution >= 0.6 is 0 Å². The molecule has 0 heterocycles. The molecule has 0 aromatic heterocycles. The van der Waals surface area contributed by atoms with Crippen molar-refractivity contribution < 1.29 is 28.5 Å². The Labute approximate surface area is 135 Å². The van der Waals surface area contributed by atoms with E-state index in [2.05, 4.69) is 0 Å². The molecule has 0 bridgehead atoms. The zero-order valence-corrected chi connectivity index (χ0v) is 13.8. The fourth-order valence-electron chi connectivity index (χ4n) is 2.47. The van der Waals surface area contributed by atoms with E-state index in [4.69, 9.17) is 23.7 Å². The fraction of sp³-hybridized carbons (Fsp3) is 0.353. The molecule has 0 fully saturated rings. The molecule has 1 aromatic rings. The maximum atomic E-state index is 12.5. The van der Waals surface area contributed by atoms with Crippen molar-refractivity contribution in [3.63, 3.8) is 0 Å². The first kappa shape index (κ1) is 17.1. The van der Waals surface area contributed by atoms with Gasteiger partial charge in [0, 0.05) is 31.4 Å². The maximum absolute atomic E-state index is 12.5. The number of carbonyl (C=O) groups excluding carboxylic acids is 1. The van der Waals surface area contributed by atoms with Crippen molar-refractivity contribution in [1.82, 2.24) is 0 Å². The second-order valence-electron chi connectivity index (χ2n) is 4.78. The lowest BCUT2D eigenvalue weighted by atomic mass is 9.92. The molecule has 0 atom stereocenters. The molecular formula is C17H20O6. The van der Waals surface area contributed by atoms with Gasteiger partial charge in [-0.25, -0.2) is 0 Å². The van der Waals surface area contributed by atoms with Gasteiger partial charge in [-0.15, -0.1) is 0 Å². The molecule has 0 N–H and O–H groups in total. The largest absolute Gasteiger partial charge is 0.497 e. The molecule has 23 heavy (non-hydrogen) atoms. The fourth-order valence-corrected chi connectivity index (χ4v) is 2.47. The van der Waals surface area contributed by atoms with E-state index >= 15 is 0 Å². The summed E-state index contributed by atoms with van der Waals surface area (Å²) in [6.07, 6.45) is 2.92. The highest BCUT2D eigenvalue weighted by molar-refractivity contribution is 6.28. The SMILES string of the molecule is COC1=CC(=O)C(c2cc(OC)ccc2OC)=CC1(OC)OC. The Kier molecular flexibility index (Phi) is 5.08. The third-order valence-corrected chi connectivity index (χ3v) is 3.73. The van der Waals surface area contributed by atoms with Gasteiger partial charge in [0.25, 0.3) is 0 Å². The highest BCUT2D eigenvalue weighted by Crippen LogP contribution is 2.38. The quantitative estimate of drug-likeness (QED) is 0.749. The monoisotopic (exact) mass is 320 g/mol. The average Bonchev–Trinajstić information content (AvgIpc) is 2.61. The Hall–Kier alpha value is -2.31. The van der Waals surface area contributed by atoms with E-state index in [0.717, 1.165) is 0 Å². The van der Waals surface area contributed by atoms with Crippen molar-refractivity contribution in [2.75, 3.05) is 35.5 Å². The second-order valence-corrected chi connectivity index (χ2v) is 4.78. The number of carbonyl (C=O) groups is 1. The lowest BCUT2D eigenvalue weighted by molar-refractivity contribution is -0.166. The zero-order chi connectivity index (χ0) is 17.0. The first-order chi connectivity index (χ1) is 11.0. The Bertz CT molecular complexity index is 655. The van der Waals surface area contributed by atoms with Gasteiger partial charge in [0.2, 0.25) is 5.79 Å². The molecule has 6 heteroatoms.